The van der Waals surface area contributed by atoms with E-state index in [9.17, 15) is 4.79 Å². The van der Waals surface area contributed by atoms with Crippen molar-refractivity contribution >= 4 is 34.8 Å². The van der Waals surface area contributed by atoms with Crippen LogP contribution >= 0.6 is 23.2 Å². The molecule has 0 radical (unpaired) electrons. The van der Waals surface area contributed by atoms with Gasteiger partial charge in [0.1, 0.15) is 4.33 Å². The first-order valence-electron chi connectivity index (χ1n) is 6.50. The van der Waals surface area contributed by atoms with Gasteiger partial charge >= 0.3 is 0 Å². The molecule has 0 aromatic heterocycles. The fourth-order valence-corrected chi connectivity index (χ4v) is 3.06. The van der Waals surface area contributed by atoms with Gasteiger partial charge in [-0.2, -0.15) is 0 Å². The number of amides is 1. The summed E-state index contributed by atoms with van der Waals surface area (Å²) in [6, 6.07) is 6.11. The SMILES string of the molecule is CCN(C(=O)C1(C)CC1(Cl)Cl)c1cc(C)ccc1C. The van der Waals surface area contributed by atoms with Crippen LogP contribution in [-0.2, 0) is 4.79 Å². The van der Waals surface area contributed by atoms with Crippen LogP contribution in [0.3, 0.4) is 0 Å². The fourth-order valence-electron chi connectivity index (χ4n) is 2.36. The Hall–Kier alpha value is -0.730. The molecule has 104 valence electrons. The van der Waals surface area contributed by atoms with Gasteiger partial charge < -0.3 is 4.90 Å². The number of hydrogen-bond donors (Lipinski definition) is 0. The van der Waals surface area contributed by atoms with Crippen molar-refractivity contribution in [1.82, 2.24) is 0 Å². The number of carbonyl (C=O) groups excluding carboxylic acids is 1. The van der Waals surface area contributed by atoms with Crippen LogP contribution < -0.4 is 4.90 Å². The van der Waals surface area contributed by atoms with Crippen LogP contribution in [0.5, 0.6) is 0 Å². The van der Waals surface area contributed by atoms with Crippen LogP contribution in [0.1, 0.15) is 31.4 Å². The summed E-state index contributed by atoms with van der Waals surface area (Å²) in [5, 5.41) is 0. The molecule has 1 amide bonds. The number of carbonyl (C=O) groups is 1. The minimum Gasteiger partial charge on any atom is -0.312 e. The van der Waals surface area contributed by atoms with E-state index in [4.69, 9.17) is 23.2 Å². The first-order valence-corrected chi connectivity index (χ1v) is 7.25. The molecule has 1 fully saturated rings. The Bertz CT molecular complexity index is 527. The second kappa shape index (κ2) is 4.68. The van der Waals surface area contributed by atoms with Gasteiger partial charge in [0, 0.05) is 12.2 Å². The van der Waals surface area contributed by atoms with Gasteiger partial charge in [-0.3, -0.25) is 4.79 Å². The lowest BCUT2D eigenvalue weighted by molar-refractivity contribution is -0.123. The molecule has 2 rings (SSSR count). The van der Waals surface area contributed by atoms with E-state index in [1.165, 1.54) is 0 Å². The maximum absolute atomic E-state index is 12.7. The molecule has 1 aromatic carbocycles. The Kier molecular flexibility index (Phi) is 3.61. The zero-order valence-corrected chi connectivity index (χ0v) is 13.3. The van der Waals surface area contributed by atoms with Gasteiger partial charge in [0.15, 0.2) is 0 Å². The molecule has 1 aromatic rings. The van der Waals surface area contributed by atoms with Gasteiger partial charge in [0.2, 0.25) is 5.91 Å². The molecule has 0 N–H and O–H groups in total. The van der Waals surface area contributed by atoms with Crippen molar-refractivity contribution in [2.45, 2.75) is 38.4 Å². The molecule has 0 heterocycles. The number of alkyl halides is 2. The van der Waals surface area contributed by atoms with Crippen LogP contribution in [0.4, 0.5) is 5.69 Å². The third kappa shape index (κ3) is 2.36. The van der Waals surface area contributed by atoms with E-state index in [2.05, 4.69) is 0 Å². The number of nitrogens with zero attached hydrogens (tertiary/aromatic N) is 1. The highest BCUT2D eigenvalue weighted by Crippen LogP contribution is 2.64. The van der Waals surface area contributed by atoms with Crippen molar-refractivity contribution in [3.05, 3.63) is 29.3 Å². The van der Waals surface area contributed by atoms with Gasteiger partial charge in [-0.25, -0.2) is 0 Å². The zero-order valence-electron chi connectivity index (χ0n) is 11.8. The fraction of sp³-hybridized carbons (Fsp3) is 0.533. The molecule has 0 bridgehead atoms. The second-order valence-electron chi connectivity index (χ2n) is 5.55. The van der Waals surface area contributed by atoms with Crippen molar-refractivity contribution in [1.29, 1.82) is 0 Å². The van der Waals surface area contributed by atoms with Crippen molar-refractivity contribution < 1.29 is 4.79 Å². The lowest BCUT2D eigenvalue weighted by Crippen LogP contribution is -2.38. The summed E-state index contributed by atoms with van der Waals surface area (Å²) in [7, 11) is 0. The highest BCUT2D eigenvalue weighted by Gasteiger charge is 2.68. The summed E-state index contributed by atoms with van der Waals surface area (Å²) < 4.78 is -0.921. The Labute approximate surface area is 124 Å². The summed E-state index contributed by atoms with van der Waals surface area (Å²) in [4.78, 5) is 14.5. The van der Waals surface area contributed by atoms with Crippen molar-refractivity contribution in [2.75, 3.05) is 11.4 Å². The lowest BCUT2D eigenvalue weighted by Gasteiger charge is -2.27. The maximum Gasteiger partial charge on any atom is 0.236 e. The minimum absolute atomic E-state index is 0.00806. The Morgan fingerprint density at radius 2 is 1.95 bits per heavy atom. The second-order valence-corrected chi connectivity index (χ2v) is 7.04. The number of hydrogen-bond acceptors (Lipinski definition) is 1. The molecule has 2 nitrogen and oxygen atoms in total. The summed E-state index contributed by atoms with van der Waals surface area (Å²) in [6.07, 6.45) is 0.517. The van der Waals surface area contributed by atoms with Gasteiger partial charge in [0.05, 0.1) is 5.41 Å². The normalized spacial score (nSPS) is 24.1. The smallest absolute Gasteiger partial charge is 0.236 e. The number of halogens is 2. The number of aryl methyl sites for hydroxylation is 2. The van der Waals surface area contributed by atoms with Crippen molar-refractivity contribution in [2.24, 2.45) is 5.41 Å². The maximum atomic E-state index is 12.7. The third-order valence-electron chi connectivity index (χ3n) is 3.95. The molecular formula is C15H19Cl2NO. The molecule has 1 unspecified atom stereocenters. The molecule has 1 saturated carbocycles. The Morgan fingerprint density at radius 1 is 1.37 bits per heavy atom. The third-order valence-corrected chi connectivity index (χ3v) is 5.05. The van der Waals surface area contributed by atoms with E-state index in [0.717, 1.165) is 16.8 Å². The van der Waals surface area contributed by atoms with Gasteiger partial charge in [-0.15, -0.1) is 23.2 Å². The molecule has 4 heteroatoms. The molecule has 0 spiro atoms. The first-order chi connectivity index (χ1) is 8.73. The largest absolute Gasteiger partial charge is 0.312 e. The van der Waals surface area contributed by atoms with E-state index in [0.29, 0.717) is 13.0 Å². The molecule has 0 saturated heterocycles. The predicted molar refractivity (Wildman–Crippen MR) is 81.1 cm³/mol. The van der Waals surface area contributed by atoms with Crippen molar-refractivity contribution in [3.63, 3.8) is 0 Å². The molecule has 1 aliphatic carbocycles. The first kappa shape index (κ1) is 14.7. The van der Waals surface area contributed by atoms with E-state index < -0.39 is 9.75 Å². The molecule has 1 aliphatic rings. The standard InChI is InChI=1S/C15H19Cl2NO/c1-5-18(12-8-10(2)6-7-11(12)3)13(19)14(4)9-15(14,16)17/h6-8H,5,9H2,1-4H3. The minimum atomic E-state index is -0.921. The van der Waals surface area contributed by atoms with Crippen molar-refractivity contribution in [3.8, 4) is 0 Å². The van der Waals surface area contributed by atoms with Gasteiger partial charge in [0.25, 0.3) is 0 Å². The highest BCUT2D eigenvalue weighted by atomic mass is 35.5. The zero-order chi connectivity index (χ0) is 14.4. The topological polar surface area (TPSA) is 20.3 Å². The molecule has 0 aliphatic heterocycles. The monoisotopic (exact) mass is 299 g/mol. The van der Waals surface area contributed by atoms with E-state index in [-0.39, 0.29) is 5.91 Å². The van der Waals surface area contributed by atoms with E-state index >= 15 is 0 Å². The highest BCUT2D eigenvalue weighted by molar-refractivity contribution is 6.53. The van der Waals surface area contributed by atoms with Crippen LogP contribution in [0.2, 0.25) is 0 Å². The number of anilines is 1. The summed E-state index contributed by atoms with van der Waals surface area (Å²) in [6.45, 7) is 8.45. The summed E-state index contributed by atoms with van der Waals surface area (Å²) in [5.41, 5.74) is 2.50. The van der Waals surface area contributed by atoms with Crippen LogP contribution in [0, 0.1) is 19.3 Å². The van der Waals surface area contributed by atoms with Gasteiger partial charge in [-0.1, -0.05) is 12.1 Å². The predicted octanol–water partition coefficient (Wildman–Crippen LogP) is 4.24. The average Bonchev–Trinajstić information content (AvgIpc) is 2.85. The van der Waals surface area contributed by atoms with E-state index in [1.54, 1.807) is 4.90 Å². The average molecular weight is 300 g/mol. The molecule has 1 atom stereocenters. The summed E-state index contributed by atoms with van der Waals surface area (Å²) in [5.74, 6) is 0.00806. The quantitative estimate of drug-likeness (QED) is 0.765. The van der Waals surface area contributed by atoms with Crippen LogP contribution in [0.25, 0.3) is 0 Å². The number of rotatable bonds is 3. The Balaban J connectivity index is 2.36. The van der Waals surface area contributed by atoms with E-state index in [1.807, 2.05) is 45.9 Å². The molecule has 19 heavy (non-hydrogen) atoms. The lowest BCUT2D eigenvalue weighted by atomic mass is 10.0. The van der Waals surface area contributed by atoms with Crippen LogP contribution in [-0.4, -0.2) is 16.8 Å². The Morgan fingerprint density at radius 3 is 2.42 bits per heavy atom. The van der Waals surface area contributed by atoms with Crippen LogP contribution in [0.15, 0.2) is 18.2 Å². The summed E-state index contributed by atoms with van der Waals surface area (Å²) >= 11 is 12.2. The van der Waals surface area contributed by atoms with Gasteiger partial charge in [-0.05, 0) is 51.3 Å². The molecular weight excluding hydrogens is 281 g/mol. The number of benzene rings is 1.